The van der Waals surface area contributed by atoms with Crippen LogP contribution in [0, 0.1) is 0 Å². The first-order valence-corrected chi connectivity index (χ1v) is 8.52. The standard InChI is InChI=1S/C12H13Cl2NO4S/c1-20(17,18)8-4-2-7(3-5-8)10-9(6-16)15-12(19-10)11(13)14/h2-5,9-11,16H,6H2,1H3. The molecule has 0 amide bonds. The van der Waals surface area contributed by atoms with E-state index in [9.17, 15) is 13.5 Å². The second-order valence-corrected chi connectivity index (χ2v) is 7.51. The Bertz CT molecular complexity index is 613. The molecule has 0 radical (unpaired) electrons. The summed E-state index contributed by atoms with van der Waals surface area (Å²) in [5, 5.41) is 9.31. The molecule has 5 nitrogen and oxygen atoms in total. The number of hydrogen-bond acceptors (Lipinski definition) is 5. The van der Waals surface area contributed by atoms with Gasteiger partial charge in [-0.25, -0.2) is 13.4 Å². The predicted molar refractivity (Wildman–Crippen MR) is 77.2 cm³/mol. The molecule has 0 spiro atoms. The first-order chi connectivity index (χ1) is 9.32. The average Bonchev–Trinajstić information content (AvgIpc) is 2.82. The molecular weight excluding hydrogens is 325 g/mol. The molecule has 1 aliphatic rings. The molecule has 1 heterocycles. The molecule has 0 fully saturated rings. The van der Waals surface area contributed by atoms with Crippen LogP contribution < -0.4 is 0 Å². The van der Waals surface area contributed by atoms with Gasteiger partial charge in [-0.3, -0.25) is 0 Å². The van der Waals surface area contributed by atoms with Crippen molar-refractivity contribution in [3.05, 3.63) is 29.8 Å². The van der Waals surface area contributed by atoms with Crippen molar-refractivity contribution in [2.24, 2.45) is 4.99 Å². The van der Waals surface area contributed by atoms with E-state index in [4.69, 9.17) is 27.9 Å². The van der Waals surface area contributed by atoms with Gasteiger partial charge >= 0.3 is 0 Å². The van der Waals surface area contributed by atoms with E-state index >= 15 is 0 Å². The molecule has 2 rings (SSSR count). The molecule has 1 aromatic rings. The monoisotopic (exact) mass is 337 g/mol. The maximum Gasteiger partial charge on any atom is 0.218 e. The van der Waals surface area contributed by atoms with E-state index < -0.39 is 26.8 Å². The molecule has 110 valence electrons. The summed E-state index contributed by atoms with van der Waals surface area (Å²) in [6.45, 7) is -0.220. The van der Waals surface area contributed by atoms with Gasteiger partial charge in [0, 0.05) is 6.26 Å². The lowest BCUT2D eigenvalue weighted by atomic mass is 10.0. The van der Waals surface area contributed by atoms with E-state index in [2.05, 4.69) is 4.99 Å². The van der Waals surface area contributed by atoms with Crippen LogP contribution in [0.2, 0.25) is 0 Å². The fourth-order valence-corrected chi connectivity index (χ4v) is 2.76. The zero-order valence-electron chi connectivity index (χ0n) is 10.5. The summed E-state index contributed by atoms with van der Waals surface area (Å²) in [5.74, 6) is 0.157. The lowest BCUT2D eigenvalue weighted by Crippen LogP contribution is -2.18. The zero-order chi connectivity index (χ0) is 14.9. The number of rotatable bonds is 4. The summed E-state index contributed by atoms with van der Waals surface area (Å²) in [4.78, 5) is 3.41. The smallest absolute Gasteiger partial charge is 0.218 e. The first kappa shape index (κ1) is 15.6. The number of alkyl halides is 2. The van der Waals surface area contributed by atoms with Crippen LogP contribution >= 0.6 is 23.2 Å². The molecular formula is C12H13Cl2NO4S. The number of halogens is 2. The van der Waals surface area contributed by atoms with Crippen molar-refractivity contribution in [3.63, 3.8) is 0 Å². The van der Waals surface area contributed by atoms with Crippen molar-refractivity contribution in [1.82, 2.24) is 0 Å². The topological polar surface area (TPSA) is 76.0 Å². The molecule has 20 heavy (non-hydrogen) atoms. The van der Waals surface area contributed by atoms with Gasteiger partial charge in [0.1, 0.15) is 12.1 Å². The Kier molecular flexibility index (Phi) is 4.59. The highest BCUT2D eigenvalue weighted by molar-refractivity contribution is 7.90. The van der Waals surface area contributed by atoms with E-state index in [1.807, 2.05) is 0 Å². The van der Waals surface area contributed by atoms with Gasteiger partial charge in [0.05, 0.1) is 11.5 Å². The van der Waals surface area contributed by atoms with Gasteiger partial charge in [-0.15, -0.1) is 0 Å². The molecule has 1 aliphatic heterocycles. The number of aliphatic imine (C=N–C) groups is 1. The van der Waals surface area contributed by atoms with Gasteiger partial charge in [-0.05, 0) is 17.7 Å². The fraction of sp³-hybridized carbons (Fsp3) is 0.417. The Labute approximate surface area is 127 Å². The summed E-state index contributed by atoms with van der Waals surface area (Å²) in [7, 11) is -3.25. The lowest BCUT2D eigenvalue weighted by Gasteiger charge is -2.16. The minimum atomic E-state index is -3.25. The summed E-state index contributed by atoms with van der Waals surface area (Å²) in [6, 6.07) is 5.71. The summed E-state index contributed by atoms with van der Waals surface area (Å²) in [5.41, 5.74) is 0.698. The number of nitrogens with zero attached hydrogens (tertiary/aromatic N) is 1. The van der Waals surface area contributed by atoms with Crippen molar-refractivity contribution in [3.8, 4) is 0 Å². The largest absolute Gasteiger partial charge is 0.468 e. The van der Waals surface area contributed by atoms with E-state index in [-0.39, 0.29) is 17.4 Å². The Morgan fingerprint density at radius 3 is 2.40 bits per heavy atom. The molecule has 2 unspecified atom stereocenters. The minimum absolute atomic E-state index is 0.157. The number of aliphatic hydroxyl groups excluding tert-OH is 1. The summed E-state index contributed by atoms with van der Waals surface area (Å²) >= 11 is 11.4. The third-order valence-electron chi connectivity index (χ3n) is 2.90. The highest BCUT2D eigenvalue weighted by atomic mass is 35.5. The third kappa shape index (κ3) is 3.25. The van der Waals surface area contributed by atoms with Crippen molar-refractivity contribution in [2.45, 2.75) is 21.9 Å². The minimum Gasteiger partial charge on any atom is -0.468 e. The van der Waals surface area contributed by atoms with Gasteiger partial charge in [0.15, 0.2) is 14.7 Å². The van der Waals surface area contributed by atoms with Crippen LogP contribution in [0.3, 0.4) is 0 Å². The Morgan fingerprint density at radius 1 is 1.35 bits per heavy atom. The second kappa shape index (κ2) is 5.89. The third-order valence-corrected chi connectivity index (χ3v) is 4.40. The lowest BCUT2D eigenvalue weighted by molar-refractivity contribution is 0.150. The average molecular weight is 338 g/mol. The van der Waals surface area contributed by atoms with Crippen molar-refractivity contribution >= 4 is 38.9 Å². The molecule has 0 aliphatic carbocycles. The first-order valence-electron chi connectivity index (χ1n) is 5.76. The summed E-state index contributed by atoms with van der Waals surface area (Å²) < 4.78 is 28.3. The molecule has 0 saturated carbocycles. The van der Waals surface area contributed by atoms with Crippen molar-refractivity contribution < 1.29 is 18.3 Å². The van der Waals surface area contributed by atoms with Crippen molar-refractivity contribution in [1.29, 1.82) is 0 Å². The van der Waals surface area contributed by atoms with Crippen molar-refractivity contribution in [2.75, 3.05) is 12.9 Å². The highest BCUT2D eigenvalue weighted by Crippen LogP contribution is 2.31. The highest BCUT2D eigenvalue weighted by Gasteiger charge is 2.34. The van der Waals surface area contributed by atoms with Gasteiger partial charge in [-0.1, -0.05) is 35.3 Å². The molecule has 2 atom stereocenters. The van der Waals surface area contributed by atoms with Crippen LogP contribution in [-0.2, 0) is 14.6 Å². The molecule has 1 N–H and O–H groups in total. The maximum atomic E-state index is 11.4. The maximum absolute atomic E-state index is 11.4. The van der Waals surface area contributed by atoms with Gasteiger partial charge in [0.2, 0.25) is 5.90 Å². The van der Waals surface area contributed by atoms with E-state index in [1.165, 1.54) is 12.1 Å². The molecule has 1 aromatic carbocycles. The number of ether oxygens (including phenoxy) is 1. The van der Waals surface area contributed by atoms with E-state index in [0.717, 1.165) is 6.26 Å². The van der Waals surface area contributed by atoms with Crippen LogP contribution in [0.4, 0.5) is 0 Å². The molecule has 8 heteroatoms. The van der Waals surface area contributed by atoms with Gasteiger partial charge in [-0.2, -0.15) is 0 Å². The molecule has 0 bridgehead atoms. The summed E-state index contributed by atoms with van der Waals surface area (Å²) in [6.07, 6.45) is 0.612. The Morgan fingerprint density at radius 2 is 1.95 bits per heavy atom. The van der Waals surface area contributed by atoms with Crippen LogP contribution in [0.25, 0.3) is 0 Å². The zero-order valence-corrected chi connectivity index (χ0v) is 12.9. The number of aliphatic hydroxyl groups is 1. The Balaban J connectivity index is 2.25. The Hall–Kier alpha value is -0.820. The van der Waals surface area contributed by atoms with Crippen LogP contribution in [0.5, 0.6) is 0 Å². The predicted octanol–water partition coefficient (Wildman–Crippen LogP) is 1.72. The van der Waals surface area contributed by atoms with Crippen LogP contribution in [0.1, 0.15) is 11.7 Å². The second-order valence-electron chi connectivity index (χ2n) is 4.40. The van der Waals surface area contributed by atoms with E-state index in [0.29, 0.717) is 5.56 Å². The fourth-order valence-electron chi connectivity index (χ4n) is 1.91. The molecule has 0 aromatic heterocycles. The normalized spacial score (nSPS) is 22.8. The van der Waals surface area contributed by atoms with E-state index in [1.54, 1.807) is 12.1 Å². The van der Waals surface area contributed by atoms with Gasteiger partial charge < -0.3 is 9.84 Å². The number of benzene rings is 1. The van der Waals surface area contributed by atoms with Crippen LogP contribution in [-0.4, -0.2) is 43.2 Å². The molecule has 0 saturated heterocycles. The SMILES string of the molecule is CS(=O)(=O)c1ccc(C2OC(C(Cl)Cl)=NC2CO)cc1. The van der Waals surface area contributed by atoms with Crippen LogP contribution in [0.15, 0.2) is 34.2 Å². The number of sulfone groups is 1. The quantitative estimate of drug-likeness (QED) is 0.849. The number of hydrogen-bond donors (Lipinski definition) is 1. The van der Waals surface area contributed by atoms with Gasteiger partial charge in [0.25, 0.3) is 0 Å².